The van der Waals surface area contributed by atoms with E-state index < -0.39 is 11.8 Å². The molecule has 3 rings (SSSR count). The molecule has 3 aromatic carbocycles. The summed E-state index contributed by atoms with van der Waals surface area (Å²) in [5.74, 6) is -0.873. The summed E-state index contributed by atoms with van der Waals surface area (Å²) < 4.78 is 5.74. The summed E-state index contributed by atoms with van der Waals surface area (Å²) in [6, 6.07) is 24.7. The van der Waals surface area contributed by atoms with Gasteiger partial charge in [-0.15, -0.1) is 0 Å². The minimum atomic E-state index is -0.834. The van der Waals surface area contributed by atoms with E-state index in [4.69, 9.17) is 4.74 Å². The maximum absolute atomic E-state index is 12.0. The molecule has 0 saturated heterocycles. The molecule has 0 atom stereocenters. The number of amides is 2. The Morgan fingerprint density at radius 1 is 0.875 bits per heavy atom. The van der Waals surface area contributed by atoms with E-state index in [-0.39, 0.29) is 0 Å². The molecule has 164 valence electrons. The number of unbranched alkanes of at least 4 members (excludes halogenated alkanes) is 1. The summed E-state index contributed by atoms with van der Waals surface area (Å²) in [4.78, 5) is 24.0. The number of hydrazone groups is 1. The first-order chi connectivity index (χ1) is 15.6. The Balaban J connectivity index is 1.43. The lowest BCUT2D eigenvalue weighted by Gasteiger charge is -2.06. The van der Waals surface area contributed by atoms with E-state index in [1.807, 2.05) is 66.7 Å². The van der Waals surface area contributed by atoms with Crippen molar-refractivity contribution in [2.45, 2.75) is 32.8 Å². The number of carbonyl (C=O) groups excluding carboxylic acids is 2. The van der Waals surface area contributed by atoms with Gasteiger partial charge in [0.15, 0.2) is 0 Å². The van der Waals surface area contributed by atoms with Crippen molar-refractivity contribution in [1.82, 2.24) is 5.43 Å². The Hall–Kier alpha value is -3.93. The number of nitrogens with zero attached hydrogens (tertiary/aromatic N) is 1. The van der Waals surface area contributed by atoms with Gasteiger partial charge < -0.3 is 10.1 Å². The second-order valence-electron chi connectivity index (χ2n) is 7.30. The zero-order valence-electron chi connectivity index (χ0n) is 18.1. The molecule has 0 fully saturated rings. The Kier molecular flexibility index (Phi) is 8.57. The Bertz CT molecular complexity index is 1030. The molecule has 0 aliphatic carbocycles. The number of hydrogen-bond acceptors (Lipinski definition) is 4. The van der Waals surface area contributed by atoms with Gasteiger partial charge in [-0.05, 0) is 65.9 Å². The van der Waals surface area contributed by atoms with Gasteiger partial charge in [0.1, 0.15) is 12.4 Å². The zero-order valence-corrected chi connectivity index (χ0v) is 18.1. The Morgan fingerprint density at radius 3 is 2.28 bits per heavy atom. The van der Waals surface area contributed by atoms with Crippen LogP contribution < -0.4 is 15.5 Å². The number of carbonyl (C=O) groups is 2. The van der Waals surface area contributed by atoms with Crippen LogP contribution in [0.25, 0.3) is 0 Å². The first-order valence-electron chi connectivity index (χ1n) is 10.6. The van der Waals surface area contributed by atoms with Crippen molar-refractivity contribution >= 4 is 23.7 Å². The zero-order chi connectivity index (χ0) is 22.6. The van der Waals surface area contributed by atoms with Crippen LogP contribution in [0.15, 0.2) is 84.0 Å². The third-order valence-corrected chi connectivity index (χ3v) is 4.75. The predicted octanol–water partition coefficient (Wildman–Crippen LogP) is 4.70. The molecule has 0 saturated carbocycles. The van der Waals surface area contributed by atoms with Gasteiger partial charge in [-0.2, -0.15) is 5.10 Å². The van der Waals surface area contributed by atoms with Crippen LogP contribution in [0, 0.1) is 0 Å². The van der Waals surface area contributed by atoms with E-state index in [1.165, 1.54) is 11.8 Å². The second-order valence-corrected chi connectivity index (χ2v) is 7.30. The predicted molar refractivity (Wildman–Crippen MR) is 127 cm³/mol. The van der Waals surface area contributed by atoms with Crippen LogP contribution in [0.4, 0.5) is 5.69 Å². The minimum absolute atomic E-state index is 0.487. The molecule has 0 unspecified atom stereocenters. The maximum atomic E-state index is 12.0. The van der Waals surface area contributed by atoms with Gasteiger partial charge in [-0.1, -0.05) is 55.8 Å². The van der Waals surface area contributed by atoms with Gasteiger partial charge in [-0.3, -0.25) is 9.59 Å². The summed E-state index contributed by atoms with van der Waals surface area (Å²) in [5.41, 5.74) is 5.87. The lowest BCUT2D eigenvalue weighted by molar-refractivity contribution is -0.136. The topological polar surface area (TPSA) is 79.8 Å². The van der Waals surface area contributed by atoms with Gasteiger partial charge in [0.2, 0.25) is 0 Å². The lowest BCUT2D eigenvalue weighted by Crippen LogP contribution is -2.32. The molecule has 0 spiro atoms. The van der Waals surface area contributed by atoms with Crippen LogP contribution in [-0.2, 0) is 22.6 Å². The third-order valence-electron chi connectivity index (χ3n) is 4.75. The Morgan fingerprint density at radius 2 is 1.59 bits per heavy atom. The first-order valence-corrected chi connectivity index (χ1v) is 10.6. The SMILES string of the molecule is CCCCc1ccc(NC(=O)C(=O)N/N=C\c2ccc(OCc3ccccc3)cc2)cc1. The molecule has 32 heavy (non-hydrogen) atoms. The van der Waals surface area contributed by atoms with Gasteiger partial charge in [0, 0.05) is 5.69 Å². The smallest absolute Gasteiger partial charge is 0.329 e. The maximum Gasteiger partial charge on any atom is 0.329 e. The van der Waals surface area contributed by atoms with E-state index in [1.54, 1.807) is 12.1 Å². The molecule has 0 aliphatic rings. The normalized spacial score (nSPS) is 10.7. The van der Waals surface area contributed by atoms with Gasteiger partial charge in [-0.25, -0.2) is 5.43 Å². The van der Waals surface area contributed by atoms with Crippen LogP contribution in [0.3, 0.4) is 0 Å². The number of anilines is 1. The number of nitrogens with one attached hydrogen (secondary N) is 2. The highest BCUT2D eigenvalue weighted by Crippen LogP contribution is 2.14. The first kappa shape index (κ1) is 22.7. The molecule has 0 aromatic heterocycles. The fraction of sp³-hybridized carbons (Fsp3) is 0.192. The molecule has 2 amide bonds. The van der Waals surface area contributed by atoms with Gasteiger partial charge in [0.05, 0.1) is 6.21 Å². The largest absolute Gasteiger partial charge is 0.489 e. The monoisotopic (exact) mass is 429 g/mol. The fourth-order valence-corrected chi connectivity index (χ4v) is 2.93. The number of hydrogen-bond donors (Lipinski definition) is 2. The van der Waals surface area contributed by atoms with E-state index in [9.17, 15) is 9.59 Å². The molecule has 0 heterocycles. The van der Waals surface area contributed by atoms with Crippen LogP contribution in [0.5, 0.6) is 5.75 Å². The van der Waals surface area contributed by atoms with Gasteiger partial charge >= 0.3 is 11.8 Å². The molecule has 0 bridgehead atoms. The second kappa shape index (κ2) is 12.1. The number of rotatable bonds is 9. The quantitative estimate of drug-likeness (QED) is 0.294. The van der Waals surface area contributed by atoms with Crippen molar-refractivity contribution in [2.24, 2.45) is 5.10 Å². The van der Waals surface area contributed by atoms with E-state index >= 15 is 0 Å². The van der Waals surface area contributed by atoms with E-state index in [0.29, 0.717) is 12.3 Å². The average Bonchev–Trinajstić information content (AvgIpc) is 2.83. The highest BCUT2D eigenvalue weighted by Gasteiger charge is 2.12. The van der Waals surface area contributed by atoms with Crippen molar-refractivity contribution in [3.63, 3.8) is 0 Å². The summed E-state index contributed by atoms with van der Waals surface area (Å²) in [6.07, 6.45) is 4.72. The number of benzene rings is 3. The molecular formula is C26H27N3O3. The summed E-state index contributed by atoms with van der Waals surface area (Å²) >= 11 is 0. The fourth-order valence-electron chi connectivity index (χ4n) is 2.93. The van der Waals surface area contributed by atoms with Crippen molar-refractivity contribution < 1.29 is 14.3 Å². The molecule has 6 nitrogen and oxygen atoms in total. The molecule has 0 aliphatic heterocycles. The minimum Gasteiger partial charge on any atom is -0.489 e. The third kappa shape index (κ3) is 7.40. The highest BCUT2D eigenvalue weighted by atomic mass is 16.5. The summed E-state index contributed by atoms with van der Waals surface area (Å²) in [5, 5.41) is 6.42. The average molecular weight is 430 g/mol. The standard InChI is InChI=1S/C26H27N3O3/c1-2-3-7-20-10-14-23(15-11-20)28-25(30)26(31)29-27-18-21-12-16-24(17-13-21)32-19-22-8-5-4-6-9-22/h4-6,8-18H,2-3,7,19H2,1H3,(H,28,30)(H,29,31)/b27-18-. The van der Waals surface area contributed by atoms with Crippen molar-refractivity contribution in [3.05, 3.63) is 95.6 Å². The van der Waals surface area contributed by atoms with Crippen molar-refractivity contribution in [3.8, 4) is 5.75 Å². The molecule has 0 radical (unpaired) electrons. The van der Waals surface area contributed by atoms with Crippen LogP contribution in [0.2, 0.25) is 0 Å². The Labute approximate surface area is 188 Å². The molecule has 6 heteroatoms. The summed E-state index contributed by atoms with van der Waals surface area (Å²) in [7, 11) is 0. The molecular weight excluding hydrogens is 402 g/mol. The van der Waals surface area contributed by atoms with E-state index in [2.05, 4.69) is 22.8 Å². The highest BCUT2D eigenvalue weighted by molar-refractivity contribution is 6.39. The lowest BCUT2D eigenvalue weighted by atomic mass is 10.1. The molecule has 3 aromatic rings. The number of ether oxygens (including phenoxy) is 1. The number of aryl methyl sites for hydroxylation is 1. The summed E-state index contributed by atoms with van der Waals surface area (Å²) in [6.45, 7) is 2.63. The van der Waals surface area contributed by atoms with Crippen LogP contribution in [-0.4, -0.2) is 18.0 Å². The van der Waals surface area contributed by atoms with Crippen LogP contribution >= 0.6 is 0 Å². The van der Waals surface area contributed by atoms with Crippen LogP contribution in [0.1, 0.15) is 36.5 Å². The van der Waals surface area contributed by atoms with Crippen molar-refractivity contribution in [1.29, 1.82) is 0 Å². The van der Waals surface area contributed by atoms with E-state index in [0.717, 1.165) is 36.1 Å². The molecule has 2 N–H and O–H groups in total. The van der Waals surface area contributed by atoms with Gasteiger partial charge in [0.25, 0.3) is 0 Å². The van der Waals surface area contributed by atoms with Crippen molar-refractivity contribution in [2.75, 3.05) is 5.32 Å².